The molecule has 30 heavy (non-hydrogen) atoms. The molecule has 0 radical (unpaired) electrons. The number of ether oxygens (including phenoxy) is 1. The highest BCUT2D eigenvalue weighted by Crippen LogP contribution is 2.34. The second-order valence-electron chi connectivity index (χ2n) is 7.88. The SMILES string of the molecule is CCCCC(CCC[C@H]1CCC(=O)[C@@H]1C=CC=CC=CC(=O)O)Oc1ccccc1. The molecule has 0 heterocycles. The normalized spacial score (nSPS) is 20.5. The van der Waals surface area contributed by atoms with Crippen LogP contribution in [0.3, 0.4) is 0 Å². The number of carbonyl (C=O) groups is 2. The lowest BCUT2D eigenvalue weighted by molar-refractivity contribution is -0.131. The number of Topliss-reactive ketones (excluding diaryl/α,β-unsaturated/α-hetero) is 1. The van der Waals surface area contributed by atoms with Crippen molar-refractivity contribution in [2.45, 2.75) is 64.4 Å². The summed E-state index contributed by atoms with van der Waals surface area (Å²) in [6.07, 6.45) is 18.1. The molecule has 0 aromatic heterocycles. The van der Waals surface area contributed by atoms with Gasteiger partial charge in [-0.15, -0.1) is 0 Å². The van der Waals surface area contributed by atoms with Crippen LogP contribution in [0.1, 0.15) is 58.3 Å². The van der Waals surface area contributed by atoms with E-state index in [0.29, 0.717) is 18.1 Å². The molecule has 4 heteroatoms. The second kappa shape index (κ2) is 13.6. The van der Waals surface area contributed by atoms with Gasteiger partial charge < -0.3 is 9.84 Å². The van der Waals surface area contributed by atoms with E-state index in [9.17, 15) is 9.59 Å². The van der Waals surface area contributed by atoms with Gasteiger partial charge in [0, 0.05) is 18.4 Å². The Morgan fingerprint density at radius 1 is 1.13 bits per heavy atom. The van der Waals surface area contributed by atoms with Crippen LogP contribution in [0.2, 0.25) is 0 Å². The first-order chi connectivity index (χ1) is 14.6. The highest BCUT2D eigenvalue weighted by Gasteiger charge is 2.32. The fourth-order valence-corrected chi connectivity index (χ4v) is 3.97. The largest absolute Gasteiger partial charge is 0.490 e. The number of benzene rings is 1. The van der Waals surface area contributed by atoms with Crippen LogP contribution in [-0.4, -0.2) is 23.0 Å². The number of allylic oxidation sites excluding steroid dienone is 5. The zero-order valence-electron chi connectivity index (χ0n) is 17.9. The summed E-state index contributed by atoms with van der Waals surface area (Å²) in [5.74, 6) is 0.638. The molecule has 1 fully saturated rings. The fraction of sp³-hybridized carbons (Fsp3) is 0.462. The minimum Gasteiger partial charge on any atom is -0.490 e. The van der Waals surface area contributed by atoms with E-state index < -0.39 is 5.97 Å². The Kier molecular flexibility index (Phi) is 10.7. The predicted octanol–water partition coefficient (Wildman–Crippen LogP) is 6.14. The Hall–Kier alpha value is -2.62. The summed E-state index contributed by atoms with van der Waals surface area (Å²) in [4.78, 5) is 22.7. The molecule has 1 saturated carbocycles. The number of para-hydroxylation sites is 1. The van der Waals surface area contributed by atoms with Gasteiger partial charge in [-0.25, -0.2) is 4.79 Å². The van der Waals surface area contributed by atoms with Crippen molar-refractivity contribution in [2.75, 3.05) is 0 Å². The minimum absolute atomic E-state index is 0.0257. The summed E-state index contributed by atoms with van der Waals surface area (Å²) < 4.78 is 6.21. The van der Waals surface area contributed by atoms with Crippen LogP contribution in [0.4, 0.5) is 0 Å². The van der Waals surface area contributed by atoms with Gasteiger partial charge in [0.25, 0.3) is 0 Å². The van der Waals surface area contributed by atoms with Crippen molar-refractivity contribution in [3.8, 4) is 5.75 Å². The maximum atomic E-state index is 12.3. The van der Waals surface area contributed by atoms with Gasteiger partial charge in [-0.3, -0.25) is 4.79 Å². The zero-order chi connectivity index (χ0) is 21.6. The van der Waals surface area contributed by atoms with E-state index in [-0.39, 0.29) is 12.0 Å². The average molecular weight is 411 g/mol. The molecule has 1 N–H and O–H groups in total. The molecule has 0 amide bonds. The van der Waals surface area contributed by atoms with Crippen molar-refractivity contribution in [2.24, 2.45) is 11.8 Å². The summed E-state index contributed by atoms with van der Waals surface area (Å²) in [5.41, 5.74) is 0. The molecule has 0 saturated heterocycles. The van der Waals surface area contributed by atoms with Crippen molar-refractivity contribution in [1.82, 2.24) is 0 Å². The van der Waals surface area contributed by atoms with Crippen molar-refractivity contribution in [3.63, 3.8) is 0 Å². The van der Waals surface area contributed by atoms with Gasteiger partial charge in [-0.05, 0) is 50.2 Å². The van der Waals surface area contributed by atoms with Crippen molar-refractivity contribution >= 4 is 11.8 Å². The Bertz CT molecular complexity index is 733. The van der Waals surface area contributed by atoms with Crippen molar-refractivity contribution in [1.29, 1.82) is 0 Å². The smallest absolute Gasteiger partial charge is 0.328 e. The van der Waals surface area contributed by atoms with Crippen molar-refractivity contribution < 1.29 is 19.4 Å². The van der Waals surface area contributed by atoms with Gasteiger partial charge in [-0.1, -0.05) is 68.3 Å². The summed E-state index contributed by atoms with van der Waals surface area (Å²) in [6.45, 7) is 2.20. The summed E-state index contributed by atoms with van der Waals surface area (Å²) in [6, 6.07) is 10.0. The molecule has 1 unspecified atom stereocenters. The Labute approximate surface area is 180 Å². The molecular weight excluding hydrogens is 376 g/mol. The highest BCUT2D eigenvalue weighted by atomic mass is 16.5. The lowest BCUT2D eigenvalue weighted by Crippen LogP contribution is -2.18. The number of hydrogen-bond donors (Lipinski definition) is 1. The lowest BCUT2D eigenvalue weighted by Gasteiger charge is -2.21. The third kappa shape index (κ3) is 8.81. The maximum absolute atomic E-state index is 12.3. The number of aliphatic carboxylic acids is 1. The van der Waals surface area contributed by atoms with E-state index in [2.05, 4.69) is 6.92 Å². The molecule has 0 aliphatic heterocycles. The predicted molar refractivity (Wildman–Crippen MR) is 121 cm³/mol. The molecule has 2 rings (SSSR count). The lowest BCUT2D eigenvalue weighted by atomic mass is 9.89. The summed E-state index contributed by atoms with van der Waals surface area (Å²) >= 11 is 0. The van der Waals surface area contributed by atoms with Crippen LogP contribution in [0, 0.1) is 11.8 Å². The quantitative estimate of drug-likeness (QED) is 0.313. The number of carboxylic acid groups (broad SMARTS) is 1. The topological polar surface area (TPSA) is 63.6 Å². The van der Waals surface area contributed by atoms with Crippen LogP contribution in [0.5, 0.6) is 5.75 Å². The molecule has 1 aliphatic carbocycles. The maximum Gasteiger partial charge on any atom is 0.328 e. The highest BCUT2D eigenvalue weighted by molar-refractivity contribution is 5.85. The van der Waals surface area contributed by atoms with Crippen LogP contribution < -0.4 is 4.74 Å². The van der Waals surface area contributed by atoms with Gasteiger partial charge in [0.15, 0.2) is 0 Å². The number of unbranched alkanes of at least 4 members (excludes halogenated alkanes) is 1. The monoisotopic (exact) mass is 410 g/mol. The van der Waals surface area contributed by atoms with Gasteiger partial charge >= 0.3 is 5.97 Å². The first-order valence-electron chi connectivity index (χ1n) is 11.1. The van der Waals surface area contributed by atoms with E-state index in [0.717, 1.165) is 56.8 Å². The van der Waals surface area contributed by atoms with Crippen LogP contribution in [0.15, 0.2) is 66.8 Å². The van der Waals surface area contributed by atoms with Crippen LogP contribution in [0.25, 0.3) is 0 Å². The Morgan fingerprint density at radius 3 is 2.60 bits per heavy atom. The molecule has 1 aromatic carbocycles. The summed E-state index contributed by atoms with van der Waals surface area (Å²) in [7, 11) is 0. The van der Waals surface area contributed by atoms with Crippen LogP contribution >= 0.6 is 0 Å². The Morgan fingerprint density at radius 2 is 1.87 bits per heavy atom. The van der Waals surface area contributed by atoms with E-state index in [4.69, 9.17) is 9.84 Å². The van der Waals surface area contributed by atoms with Gasteiger partial charge in [0.1, 0.15) is 11.5 Å². The van der Waals surface area contributed by atoms with E-state index >= 15 is 0 Å². The second-order valence-corrected chi connectivity index (χ2v) is 7.88. The third-order valence-electron chi connectivity index (χ3n) is 5.56. The average Bonchev–Trinajstić information content (AvgIpc) is 3.08. The zero-order valence-corrected chi connectivity index (χ0v) is 17.9. The third-order valence-corrected chi connectivity index (χ3v) is 5.56. The number of carbonyl (C=O) groups excluding carboxylic acids is 1. The fourth-order valence-electron chi connectivity index (χ4n) is 3.97. The molecule has 0 spiro atoms. The molecule has 0 bridgehead atoms. The van der Waals surface area contributed by atoms with Gasteiger partial charge in [0.2, 0.25) is 0 Å². The molecule has 162 valence electrons. The molecule has 1 aliphatic rings. The standard InChI is InChI=1S/C26H34O4/c1-2-3-13-22(30-23-14-7-6-8-15-23)16-11-12-21-19-20-25(27)24(21)17-9-4-5-10-18-26(28)29/h4-10,14-15,17-18,21-22,24H,2-3,11-13,16,19-20H2,1H3,(H,28,29)/t21-,22?,24+/m0/s1. The van der Waals surface area contributed by atoms with Crippen LogP contribution in [-0.2, 0) is 9.59 Å². The van der Waals surface area contributed by atoms with Gasteiger partial charge in [-0.2, -0.15) is 0 Å². The van der Waals surface area contributed by atoms with E-state index in [1.165, 1.54) is 6.08 Å². The van der Waals surface area contributed by atoms with E-state index in [1.807, 2.05) is 42.5 Å². The minimum atomic E-state index is -0.969. The molecule has 4 nitrogen and oxygen atoms in total. The number of carboxylic acids is 1. The first-order valence-corrected chi connectivity index (χ1v) is 11.1. The number of hydrogen-bond acceptors (Lipinski definition) is 3. The molecule has 3 atom stereocenters. The summed E-state index contributed by atoms with van der Waals surface area (Å²) in [5, 5.41) is 8.57. The molecule has 1 aromatic rings. The van der Waals surface area contributed by atoms with Gasteiger partial charge in [0.05, 0.1) is 6.10 Å². The first kappa shape index (κ1) is 23.7. The van der Waals surface area contributed by atoms with Crippen molar-refractivity contribution in [3.05, 3.63) is 66.8 Å². The number of ketones is 1. The van der Waals surface area contributed by atoms with E-state index in [1.54, 1.807) is 12.2 Å². The number of rotatable bonds is 13. The molecular formula is C26H34O4. The Balaban J connectivity index is 1.83.